The van der Waals surface area contributed by atoms with E-state index in [0.717, 1.165) is 31.6 Å². The molecule has 5 rings (SSSR count). The predicted octanol–water partition coefficient (Wildman–Crippen LogP) is 4.14. The molecule has 0 spiro atoms. The first kappa shape index (κ1) is 18.8. The van der Waals surface area contributed by atoms with Crippen LogP contribution in [0.2, 0.25) is 0 Å². The van der Waals surface area contributed by atoms with E-state index in [-0.39, 0.29) is 11.5 Å². The molecule has 0 saturated heterocycles. The summed E-state index contributed by atoms with van der Waals surface area (Å²) in [6.07, 6.45) is 1.85. The molecule has 1 amide bonds. The number of amides is 1. The summed E-state index contributed by atoms with van der Waals surface area (Å²) in [6, 6.07) is 2.11. The first-order valence-corrected chi connectivity index (χ1v) is 9.74. The topological polar surface area (TPSA) is 62.5 Å². The van der Waals surface area contributed by atoms with Gasteiger partial charge in [-0.2, -0.15) is 13.2 Å². The highest BCUT2D eigenvalue weighted by Gasteiger charge is 2.59. The van der Waals surface area contributed by atoms with Gasteiger partial charge >= 0.3 is 6.18 Å². The zero-order chi connectivity index (χ0) is 19.4. The number of nitrogens with one attached hydrogen (secondary N) is 1. The van der Waals surface area contributed by atoms with Crippen molar-refractivity contribution in [1.29, 1.82) is 0 Å². The predicted molar refractivity (Wildman–Crippen MR) is 91.5 cm³/mol. The Morgan fingerprint density at radius 1 is 1.26 bits per heavy atom. The Morgan fingerprint density at radius 3 is 2.26 bits per heavy atom. The van der Waals surface area contributed by atoms with Crippen LogP contribution in [0, 0.1) is 23.2 Å². The molecule has 7 heteroatoms. The number of furan rings is 1. The van der Waals surface area contributed by atoms with Crippen LogP contribution in [0.15, 0.2) is 22.8 Å². The van der Waals surface area contributed by atoms with Gasteiger partial charge in [0.1, 0.15) is 5.76 Å². The molecule has 1 aromatic rings. The molecule has 4 fully saturated rings. The lowest BCUT2D eigenvalue weighted by molar-refractivity contribution is -0.273. The molecule has 0 aromatic carbocycles. The molecule has 2 atom stereocenters. The van der Waals surface area contributed by atoms with Crippen molar-refractivity contribution in [3.63, 3.8) is 0 Å². The molecule has 4 nitrogen and oxygen atoms in total. The van der Waals surface area contributed by atoms with Crippen molar-refractivity contribution in [3.05, 3.63) is 24.2 Å². The third-order valence-electron chi connectivity index (χ3n) is 7.20. The average Bonchev–Trinajstić information content (AvgIpc) is 3.07. The Hall–Kier alpha value is -1.50. The van der Waals surface area contributed by atoms with E-state index in [4.69, 9.17) is 4.42 Å². The number of alkyl halides is 3. The van der Waals surface area contributed by atoms with Gasteiger partial charge in [-0.3, -0.25) is 4.79 Å². The SMILES string of the molecule is C[C@@H](NC(=O)C[C@@](O)(c1ccco1)C(F)(F)F)C12CC3CC(CC(C3)C1)C2. The minimum absolute atomic E-state index is 0.00849. The van der Waals surface area contributed by atoms with Gasteiger partial charge in [-0.1, -0.05) is 0 Å². The van der Waals surface area contributed by atoms with Gasteiger partial charge in [0.25, 0.3) is 0 Å². The summed E-state index contributed by atoms with van der Waals surface area (Å²) in [4.78, 5) is 12.5. The van der Waals surface area contributed by atoms with Crippen LogP contribution in [0.4, 0.5) is 13.2 Å². The number of hydrogen-bond donors (Lipinski definition) is 2. The number of rotatable bonds is 5. The molecule has 27 heavy (non-hydrogen) atoms. The Kier molecular flexibility index (Phi) is 4.37. The maximum absolute atomic E-state index is 13.5. The smallest absolute Gasteiger partial charge is 0.425 e. The van der Waals surface area contributed by atoms with Crippen molar-refractivity contribution in [2.45, 2.75) is 69.7 Å². The van der Waals surface area contributed by atoms with Crippen molar-refractivity contribution < 1.29 is 27.5 Å². The van der Waals surface area contributed by atoms with E-state index in [1.807, 2.05) is 6.92 Å². The molecule has 4 bridgehead atoms. The van der Waals surface area contributed by atoms with Crippen molar-refractivity contribution >= 4 is 5.91 Å². The molecule has 2 N–H and O–H groups in total. The van der Waals surface area contributed by atoms with Crippen LogP contribution in [0.1, 0.15) is 57.6 Å². The van der Waals surface area contributed by atoms with Crippen LogP contribution < -0.4 is 5.32 Å². The Balaban J connectivity index is 1.47. The average molecular weight is 385 g/mol. The lowest BCUT2D eigenvalue weighted by Gasteiger charge is -2.59. The molecular weight excluding hydrogens is 359 g/mol. The molecule has 1 aromatic heterocycles. The maximum Gasteiger partial charge on any atom is 0.425 e. The second-order valence-electron chi connectivity index (χ2n) is 9.08. The number of carbonyl (C=O) groups excluding carboxylic acids is 1. The number of aliphatic hydroxyl groups is 1. The lowest BCUT2D eigenvalue weighted by atomic mass is 9.48. The fourth-order valence-corrected chi connectivity index (χ4v) is 6.23. The van der Waals surface area contributed by atoms with Crippen LogP contribution in [0.5, 0.6) is 0 Å². The fraction of sp³-hybridized carbons (Fsp3) is 0.750. The van der Waals surface area contributed by atoms with Crippen LogP contribution in [-0.4, -0.2) is 23.2 Å². The van der Waals surface area contributed by atoms with E-state index >= 15 is 0 Å². The summed E-state index contributed by atoms with van der Waals surface area (Å²) in [5.41, 5.74) is -3.33. The minimum atomic E-state index is -5.01. The van der Waals surface area contributed by atoms with Crippen molar-refractivity contribution in [1.82, 2.24) is 5.32 Å². The summed E-state index contributed by atoms with van der Waals surface area (Å²) >= 11 is 0. The fourth-order valence-electron chi connectivity index (χ4n) is 6.23. The Morgan fingerprint density at radius 2 is 1.81 bits per heavy atom. The largest absolute Gasteiger partial charge is 0.466 e. The molecule has 0 aliphatic heterocycles. The summed E-state index contributed by atoms with van der Waals surface area (Å²) in [5.74, 6) is 0.601. The van der Waals surface area contributed by atoms with Crippen molar-refractivity contribution in [3.8, 4) is 0 Å². The molecule has 4 saturated carbocycles. The summed E-state index contributed by atoms with van der Waals surface area (Å²) < 4.78 is 45.2. The molecule has 0 radical (unpaired) electrons. The number of carbonyl (C=O) groups is 1. The minimum Gasteiger partial charge on any atom is -0.466 e. The van der Waals surface area contributed by atoms with Crippen LogP contribution in [0.25, 0.3) is 0 Å². The normalized spacial score (nSPS) is 35.7. The summed E-state index contributed by atoms with van der Waals surface area (Å²) in [7, 11) is 0. The standard InChI is InChI=1S/C20H26F3NO3/c1-12(18-8-13-5-14(9-18)7-15(6-13)10-18)24-17(25)11-19(26,20(21,22)23)16-3-2-4-27-16/h2-4,12-15,26H,5-11H2,1H3,(H,24,25)/t12-,13?,14?,15?,18?,19-/m1/s1. The van der Waals surface area contributed by atoms with Crippen molar-refractivity contribution in [2.24, 2.45) is 23.2 Å². The van der Waals surface area contributed by atoms with Gasteiger partial charge in [-0.05, 0) is 80.8 Å². The molecule has 150 valence electrons. The number of hydrogen-bond acceptors (Lipinski definition) is 3. The van der Waals surface area contributed by atoms with Gasteiger partial charge in [-0.25, -0.2) is 0 Å². The second kappa shape index (κ2) is 6.26. The van der Waals surface area contributed by atoms with Crippen molar-refractivity contribution in [2.75, 3.05) is 0 Å². The van der Waals surface area contributed by atoms with Gasteiger partial charge in [0, 0.05) is 6.04 Å². The molecule has 0 unspecified atom stereocenters. The van der Waals surface area contributed by atoms with E-state index in [2.05, 4.69) is 5.32 Å². The third kappa shape index (κ3) is 3.18. The molecule has 4 aliphatic rings. The summed E-state index contributed by atoms with van der Waals surface area (Å²) in [6.45, 7) is 1.91. The molecule has 4 aliphatic carbocycles. The van der Waals surface area contributed by atoms with Gasteiger partial charge in [0.2, 0.25) is 11.5 Å². The highest BCUT2D eigenvalue weighted by molar-refractivity contribution is 5.77. The highest BCUT2D eigenvalue weighted by atomic mass is 19.4. The van der Waals surface area contributed by atoms with E-state index in [1.165, 1.54) is 25.3 Å². The van der Waals surface area contributed by atoms with Crippen LogP contribution >= 0.6 is 0 Å². The van der Waals surface area contributed by atoms with E-state index < -0.39 is 29.9 Å². The molecule has 1 heterocycles. The Bertz CT molecular complexity index is 665. The van der Waals surface area contributed by atoms with Gasteiger partial charge in [-0.15, -0.1) is 0 Å². The van der Waals surface area contributed by atoms with Gasteiger partial charge in [0.15, 0.2) is 0 Å². The van der Waals surface area contributed by atoms with Gasteiger partial charge in [0.05, 0.1) is 12.7 Å². The van der Waals surface area contributed by atoms with E-state index in [0.29, 0.717) is 17.8 Å². The van der Waals surface area contributed by atoms with Gasteiger partial charge < -0.3 is 14.8 Å². The zero-order valence-electron chi connectivity index (χ0n) is 15.4. The second-order valence-corrected chi connectivity index (χ2v) is 9.08. The van der Waals surface area contributed by atoms with Crippen LogP contribution in [0.3, 0.4) is 0 Å². The summed E-state index contributed by atoms with van der Waals surface area (Å²) in [5, 5.41) is 13.0. The zero-order valence-corrected chi connectivity index (χ0v) is 15.4. The quantitative estimate of drug-likeness (QED) is 0.801. The first-order chi connectivity index (χ1) is 12.6. The molecular formula is C20H26F3NO3. The third-order valence-corrected chi connectivity index (χ3v) is 7.20. The number of halogens is 3. The monoisotopic (exact) mass is 385 g/mol. The van der Waals surface area contributed by atoms with Crippen LogP contribution in [-0.2, 0) is 10.4 Å². The van der Waals surface area contributed by atoms with E-state index in [9.17, 15) is 23.1 Å². The maximum atomic E-state index is 13.5. The highest BCUT2D eigenvalue weighted by Crippen LogP contribution is 2.61. The first-order valence-electron chi connectivity index (χ1n) is 9.74. The Labute approximate surface area is 156 Å². The van der Waals surface area contributed by atoms with E-state index in [1.54, 1.807) is 0 Å². The lowest BCUT2D eigenvalue weighted by Crippen LogP contribution is -2.56.